The number of piperazine rings is 1. The summed E-state index contributed by atoms with van der Waals surface area (Å²) in [6.07, 6.45) is -3.27. The molecular weight excluding hydrogens is 437 g/mol. The highest BCUT2D eigenvalue weighted by Gasteiger charge is 2.43. The molecule has 2 aliphatic rings. The van der Waals surface area contributed by atoms with Gasteiger partial charge in [0.15, 0.2) is 0 Å². The Labute approximate surface area is 190 Å². The van der Waals surface area contributed by atoms with E-state index >= 15 is 0 Å². The molecule has 33 heavy (non-hydrogen) atoms. The normalized spacial score (nSPS) is 19.6. The highest BCUT2D eigenvalue weighted by Crippen LogP contribution is 2.44. The maximum Gasteiger partial charge on any atom is 0.573 e. The number of nitrogens with zero attached hydrogens (tertiary/aromatic N) is 2. The van der Waals surface area contributed by atoms with E-state index in [2.05, 4.69) is 9.64 Å². The number of alkyl halides is 3. The number of aliphatic hydroxyl groups is 1. The minimum absolute atomic E-state index is 0.128. The van der Waals surface area contributed by atoms with E-state index in [4.69, 9.17) is 5.11 Å². The van der Waals surface area contributed by atoms with Gasteiger partial charge in [0.2, 0.25) is 0 Å². The monoisotopic (exact) mass is 464 g/mol. The van der Waals surface area contributed by atoms with Crippen molar-refractivity contribution < 1.29 is 32.9 Å². The van der Waals surface area contributed by atoms with Gasteiger partial charge in [-0.1, -0.05) is 36.4 Å². The zero-order valence-electron chi connectivity index (χ0n) is 18.1. The Morgan fingerprint density at radius 2 is 1.70 bits per heavy atom. The molecule has 1 amide bonds. The van der Waals surface area contributed by atoms with E-state index in [1.54, 1.807) is 6.07 Å². The fraction of sp³-hybridized carbons (Fsp3) is 0.458. The molecule has 1 unspecified atom stereocenters. The van der Waals surface area contributed by atoms with Crippen LogP contribution < -0.4 is 4.74 Å². The summed E-state index contributed by atoms with van der Waals surface area (Å²) in [6, 6.07) is 13.4. The fourth-order valence-electron chi connectivity index (χ4n) is 4.63. The van der Waals surface area contributed by atoms with Crippen LogP contribution in [0.2, 0.25) is 0 Å². The standard InChI is InChI=1S/C24H27F3N2O4/c25-24(26,27)33-20-4-1-3-19(15-20)17-5-7-18(8-6-17)21(23(32)9-2-10-23)16-28-11-13-29(14-12-28)22(30)31/h1,3-8,15,21,32H,2,9-14,16H2,(H,30,31). The predicted octanol–water partition coefficient (Wildman–Crippen LogP) is 4.55. The molecular formula is C24H27F3N2O4. The fourth-order valence-corrected chi connectivity index (χ4v) is 4.63. The third kappa shape index (κ3) is 5.59. The van der Waals surface area contributed by atoms with Crippen LogP contribution in [0.1, 0.15) is 30.7 Å². The van der Waals surface area contributed by atoms with Gasteiger partial charge in [0, 0.05) is 38.6 Å². The Morgan fingerprint density at radius 1 is 1.03 bits per heavy atom. The van der Waals surface area contributed by atoms with Gasteiger partial charge in [0.25, 0.3) is 0 Å². The van der Waals surface area contributed by atoms with Gasteiger partial charge in [0.05, 0.1) is 5.60 Å². The van der Waals surface area contributed by atoms with Crippen LogP contribution in [0.3, 0.4) is 0 Å². The molecule has 2 aromatic carbocycles. The van der Waals surface area contributed by atoms with Crippen molar-refractivity contribution in [2.24, 2.45) is 0 Å². The topological polar surface area (TPSA) is 73.2 Å². The van der Waals surface area contributed by atoms with Gasteiger partial charge in [-0.15, -0.1) is 13.2 Å². The van der Waals surface area contributed by atoms with E-state index < -0.39 is 18.1 Å². The third-order valence-corrected chi connectivity index (χ3v) is 6.67. The van der Waals surface area contributed by atoms with Crippen LogP contribution in [0.15, 0.2) is 48.5 Å². The van der Waals surface area contributed by atoms with Crippen LogP contribution in [0.5, 0.6) is 5.75 Å². The van der Waals surface area contributed by atoms with Crippen molar-refractivity contribution in [1.82, 2.24) is 9.80 Å². The van der Waals surface area contributed by atoms with Crippen molar-refractivity contribution in [3.05, 3.63) is 54.1 Å². The molecule has 0 aromatic heterocycles. The van der Waals surface area contributed by atoms with Crippen LogP contribution in [-0.2, 0) is 0 Å². The average molecular weight is 464 g/mol. The lowest BCUT2D eigenvalue weighted by Crippen LogP contribution is -2.53. The summed E-state index contributed by atoms with van der Waals surface area (Å²) < 4.78 is 41.6. The molecule has 2 fully saturated rings. The Hall–Kier alpha value is -2.78. The first kappa shape index (κ1) is 23.4. The van der Waals surface area contributed by atoms with E-state index in [0.29, 0.717) is 51.1 Å². The van der Waals surface area contributed by atoms with E-state index in [9.17, 15) is 23.1 Å². The molecule has 4 rings (SSSR count). The van der Waals surface area contributed by atoms with Gasteiger partial charge in [-0.05, 0) is 48.1 Å². The minimum atomic E-state index is -4.75. The molecule has 178 valence electrons. The Kier molecular flexibility index (Phi) is 6.54. The smallest absolute Gasteiger partial charge is 0.465 e. The largest absolute Gasteiger partial charge is 0.573 e. The maximum atomic E-state index is 12.5. The summed E-state index contributed by atoms with van der Waals surface area (Å²) in [6.45, 7) is 2.73. The third-order valence-electron chi connectivity index (χ3n) is 6.67. The second-order valence-corrected chi connectivity index (χ2v) is 8.78. The number of amides is 1. The average Bonchev–Trinajstić information content (AvgIpc) is 2.75. The van der Waals surface area contributed by atoms with E-state index in [1.165, 1.54) is 23.1 Å². The molecule has 0 radical (unpaired) electrons. The highest BCUT2D eigenvalue weighted by atomic mass is 19.4. The molecule has 1 atom stereocenters. The molecule has 1 heterocycles. The molecule has 9 heteroatoms. The second-order valence-electron chi connectivity index (χ2n) is 8.78. The number of ether oxygens (including phenoxy) is 1. The van der Waals surface area contributed by atoms with Crippen LogP contribution >= 0.6 is 0 Å². The van der Waals surface area contributed by atoms with Gasteiger partial charge in [-0.3, -0.25) is 4.90 Å². The molecule has 0 spiro atoms. The summed E-state index contributed by atoms with van der Waals surface area (Å²) in [5, 5.41) is 20.3. The lowest BCUT2D eigenvalue weighted by Gasteiger charge is -2.46. The van der Waals surface area contributed by atoms with Gasteiger partial charge in [-0.25, -0.2) is 4.79 Å². The Balaban J connectivity index is 1.50. The first-order valence-electron chi connectivity index (χ1n) is 11.0. The van der Waals surface area contributed by atoms with E-state index in [0.717, 1.165) is 17.5 Å². The number of halogens is 3. The number of carbonyl (C=O) groups is 1. The van der Waals surface area contributed by atoms with Gasteiger partial charge >= 0.3 is 12.5 Å². The lowest BCUT2D eigenvalue weighted by atomic mass is 9.68. The molecule has 1 aliphatic heterocycles. The number of carboxylic acid groups (broad SMARTS) is 1. The van der Waals surface area contributed by atoms with Crippen molar-refractivity contribution >= 4 is 6.09 Å². The Morgan fingerprint density at radius 3 is 2.24 bits per heavy atom. The van der Waals surface area contributed by atoms with Crippen LogP contribution in [0.4, 0.5) is 18.0 Å². The van der Waals surface area contributed by atoms with E-state index in [1.807, 2.05) is 24.3 Å². The van der Waals surface area contributed by atoms with Crippen molar-refractivity contribution in [3.63, 3.8) is 0 Å². The first-order chi connectivity index (χ1) is 15.6. The van der Waals surface area contributed by atoms with Crippen LogP contribution in [-0.4, -0.2) is 70.8 Å². The Bertz CT molecular complexity index is 968. The van der Waals surface area contributed by atoms with Crippen LogP contribution in [0, 0.1) is 0 Å². The summed E-state index contributed by atoms with van der Waals surface area (Å²) in [5.74, 6) is -0.400. The molecule has 6 nitrogen and oxygen atoms in total. The summed E-state index contributed by atoms with van der Waals surface area (Å²) in [4.78, 5) is 14.7. The number of hydrogen-bond acceptors (Lipinski definition) is 4. The first-order valence-corrected chi connectivity index (χ1v) is 11.0. The molecule has 2 N–H and O–H groups in total. The second kappa shape index (κ2) is 9.23. The maximum absolute atomic E-state index is 12.5. The summed E-state index contributed by atoms with van der Waals surface area (Å²) in [7, 11) is 0. The van der Waals surface area contributed by atoms with Crippen molar-refractivity contribution in [2.45, 2.75) is 37.1 Å². The zero-order chi connectivity index (χ0) is 23.6. The molecule has 1 saturated heterocycles. The molecule has 2 aromatic rings. The number of rotatable bonds is 6. The molecule has 0 bridgehead atoms. The number of benzene rings is 2. The predicted molar refractivity (Wildman–Crippen MR) is 116 cm³/mol. The van der Waals surface area contributed by atoms with Crippen molar-refractivity contribution in [2.75, 3.05) is 32.7 Å². The highest BCUT2D eigenvalue weighted by molar-refractivity contribution is 5.66. The quantitative estimate of drug-likeness (QED) is 0.657. The molecule has 1 saturated carbocycles. The lowest BCUT2D eigenvalue weighted by molar-refractivity contribution is -0.274. The van der Waals surface area contributed by atoms with Crippen LogP contribution in [0.25, 0.3) is 11.1 Å². The zero-order valence-corrected chi connectivity index (χ0v) is 18.1. The summed E-state index contributed by atoms with van der Waals surface area (Å²) >= 11 is 0. The van der Waals surface area contributed by atoms with Crippen molar-refractivity contribution in [3.8, 4) is 16.9 Å². The van der Waals surface area contributed by atoms with E-state index in [-0.39, 0.29) is 11.7 Å². The van der Waals surface area contributed by atoms with Crippen molar-refractivity contribution in [1.29, 1.82) is 0 Å². The van der Waals surface area contributed by atoms with Gasteiger partial charge in [0.1, 0.15) is 5.75 Å². The van der Waals surface area contributed by atoms with Gasteiger partial charge in [-0.2, -0.15) is 0 Å². The number of hydrogen-bond donors (Lipinski definition) is 2. The summed E-state index contributed by atoms with van der Waals surface area (Å²) in [5.41, 5.74) is 1.52. The SMILES string of the molecule is O=C(O)N1CCN(CC(c2ccc(-c3cccc(OC(F)(F)F)c3)cc2)C2(O)CCC2)CC1. The minimum Gasteiger partial charge on any atom is -0.465 e. The molecule has 1 aliphatic carbocycles. The van der Waals surface area contributed by atoms with Gasteiger partial charge < -0.3 is 19.8 Å².